The Hall–Kier alpha value is 0.0969. The molecule has 29 heavy (non-hydrogen) atoms. The second-order valence-corrected chi connectivity index (χ2v) is 16.7. The van der Waals surface area contributed by atoms with Crippen molar-refractivity contribution < 1.29 is 9.53 Å². The molecule has 0 bridgehead atoms. The Balaban J connectivity index is 1.76. The van der Waals surface area contributed by atoms with Crippen LogP contribution in [0.15, 0.2) is 0 Å². The summed E-state index contributed by atoms with van der Waals surface area (Å²) in [5.41, 5.74) is 0.271. The smallest absolute Gasteiger partial charge is 0.192 e. The van der Waals surface area contributed by atoms with Gasteiger partial charge >= 0.3 is 0 Å². The minimum atomic E-state index is -1.72. The van der Waals surface area contributed by atoms with E-state index in [1.165, 1.54) is 70.6 Å². The Kier molecular flexibility index (Phi) is 7.62. The van der Waals surface area contributed by atoms with Gasteiger partial charge in [-0.3, -0.25) is 4.90 Å². The first-order valence-corrected chi connectivity index (χ1v) is 15.6. The average Bonchev–Trinajstić information content (AvgIpc) is 3.01. The molecule has 3 fully saturated rings. The van der Waals surface area contributed by atoms with Crippen LogP contribution in [0.3, 0.4) is 0 Å². The van der Waals surface area contributed by atoms with Gasteiger partial charge in [0, 0.05) is 30.1 Å². The maximum Gasteiger partial charge on any atom is 0.192 e. The van der Waals surface area contributed by atoms with Crippen LogP contribution >= 0.6 is 0 Å². The number of unbranched alkanes of at least 4 members (excludes halogenated alkanes) is 3. The zero-order chi connectivity index (χ0) is 21.3. The Labute approximate surface area is 182 Å². The van der Waals surface area contributed by atoms with Crippen molar-refractivity contribution in [3.63, 3.8) is 0 Å². The zero-order valence-electron chi connectivity index (χ0n) is 20.3. The van der Waals surface area contributed by atoms with Gasteiger partial charge in [-0.1, -0.05) is 66.2 Å². The zero-order valence-corrected chi connectivity index (χ0v) is 21.3. The summed E-state index contributed by atoms with van der Waals surface area (Å²) in [7, 11) is -1.72. The fourth-order valence-electron chi connectivity index (χ4n) is 6.45. The summed E-state index contributed by atoms with van der Waals surface area (Å²) in [4.78, 5) is 2.95. The van der Waals surface area contributed by atoms with Crippen LogP contribution in [-0.4, -0.2) is 48.7 Å². The van der Waals surface area contributed by atoms with Crippen LogP contribution in [-0.2, 0) is 4.43 Å². The molecule has 1 saturated carbocycles. The molecule has 2 heterocycles. The van der Waals surface area contributed by atoms with E-state index in [0.29, 0.717) is 18.0 Å². The molecular weight excluding hydrogens is 374 g/mol. The van der Waals surface area contributed by atoms with Gasteiger partial charge in [-0.2, -0.15) is 0 Å². The number of aliphatic hydroxyl groups excluding tert-OH is 1. The van der Waals surface area contributed by atoms with Crippen LogP contribution in [0.4, 0.5) is 0 Å². The minimum Gasteiger partial charge on any atom is -0.415 e. The molecule has 0 aromatic heterocycles. The monoisotopic (exact) mass is 423 g/mol. The second-order valence-electron chi connectivity index (χ2n) is 11.9. The maximum absolute atomic E-state index is 11.1. The molecule has 1 aliphatic carbocycles. The predicted octanol–water partition coefficient (Wildman–Crippen LogP) is 6.51. The molecule has 3 aliphatic rings. The largest absolute Gasteiger partial charge is 0.415 e. The van der Waals surface area contributed by atoms with Crippen molar-refractivity contribution in [3.05, 3.63) is 0 Å². The number of hydrogen-bond acceptors (Lipinski definition) is 3. The highest BCUT2D eigenvalue weighted by molar-refractivity contribution is 6.74. The molecule has 170 valence electrons. The van der Waals surface area contributed by atoms with Crippen LogP contribution < -0.4 is 0 Å². The van der Waals surface area contributed by atoms with Gasteiger partial charge in [0.2, 0.25) is 0 Å². The van der Waals surface area contributed by atoms with E-state index < -0.39 is 8.32 Å². The van der Waals surface area contributed by atoms with Crippen LogP contribution in [0.1, 0.15) is 105 Å². The summed E-state index contributed by atoms with van der Waals surface area (Å²) in [5.74, 6) is 0.501. The van der Waals surface area contributed by atoms with Crippen molar-refractivity contribution >= 4 is 8.32 Å². The first kappa shape index (κ1) is 23.8. The SMILES string of the molecule is CCCCCC[C@@H]1C[C@H](O)[C@@H]2CCCC[C@]23CC[C@@H](CO[Si](C)(C)C(C)(C)C)N13. The molecule has 2 aliphatic heterocycles. The quantitative estimate of drug-likeness (QED) is 0.357. The molecule has 0 aromatic rings. The van der Waals surface area contributed by atoms with Gasteiger partial charge < -0.3 is 9.53 Å². The van der Waals surface area contributed by atoms with E-state index in [1.54, 1.807) is 0 Å². The first-order valence-electron chi connectivity index (χ1n) is 12.7. The van der Waals surface area contributed by atoms with Gasteiger partial charge in [-0.05, 0) is 56.7 Å². The van der Waals surface area contributed by atoms with E-state index in [1.807, 2.05) is 0 Å². The normalized spacial score (nSPS) is 36.1. The van der Waals surface area contributed by atoms with E-state index in [0.717, 1.165) is 13.0 Å². The van der Waals surface area contributed by atoms with E-state index in [4.69, 9.17) is 4.43 Å². The summed E-state index contributed by atoms with van der Waals surface area (Å²) >= 11 is 0. The third kappa shape index (κ3) is 4.81. The standard InChI is InChI=1S/C25H49NO2Si/c1-7-8-9-10-13-20-18-23(27)22-14-11-12-16-25(22)17-15-21(26(20)25)19-28-29(5,6)24(2,3)4/h20-23,27H,7-19H2,1-6H3/t20-,21+,22+,23+,25+/m1/s1. The van der Waals surface area contributed by atoms with Gasteiger partial charge in [0.25, 0.3) is 0 Å². The number of nitrogens with zero attached hydrogens (tertiary/aromatic N) is 1. The van der Waals surface area contributed by atoms with Crippen LogP contribution in [0, 0.1) is 5.92 Å². The lowest BCUT2D eigenvalue weighted by Gasteiger charge is -2.58. The van der Waals surface area contributed by atoms with Crippen molar-refractivity contribution in [2.75, 3.05) is 6.61 Å². The molecule has 0 unspecified atom stereocenters. The molecule has 5 atom stereocenters. The highest BCUT2D eigenvalue weighted by atomic mass is 28.4. The Morgan fingerprint density at radius 2 is 1.79 bits per heavy atom. The molecule has 1 N–H and O–H groups in total. The highest BCUT2D eigenvalue weighted by Crippen LogP contribution is 2.54. The third-order valence-corrected chi connectivity index (χ3v) is 13.6. The van der Waals surface area contributed by atoms with Crippen molar-refractivity contribution in [3.8, 4) is 0 Å². The topological polar surface area (TPSA) is 32.7 Å². The Bertz CT molecular complexity index is 531. The summed E-state index contributed by atoms with van der Waals surface area (Å²) in [6, 6.07) is 1.13. The highest BCUT2D eigenvalue weighted by Gasteiger charge is 2.58. The number of hydrogen-bond donors (Lipinski definition) is 1. The minimum absolute atomic E-state index is 0.0808. The lowest BCUT2D eigenvalue weighted by molar-refractivity contribution is -0.125. The van der Waals surface area contributed by atoms with E-state index in [2.05, 4.69) is 45.7 Å². The summed E-state index contributed by atoms with van der Waals surface area (Å²) in [6.45, 7) is 15.0. The molecule has 3 rings (SSSR count). The fourth-order valence-corrected chi connectivity index (χ4v) is 7.49. The average molecular weight is 424 g/mol. The van der Waals surface area contributed by atoms with Crippen LogP contribution in [0.25, 0.3) is 0 Å². The molecule has 0 radical (unpaired) electrons. The maximum atomic E-state index is 11.1. The van der Waals surface area contributed by atoms with Crippen molar-refractivity contribution in [2.45, 2.75) is 147 Å². The van der Waals surface area contributed by atoms with Crippen molar-refractivity contribution in [2.24, 2.45) is 5.92 Å². The molecule has 4 heteroatoms. The van der Waals surface area contributed by atoms with Gasteiger partial charge in [0.15, 0.2) is 8.32 Å². The Morgan fingerprint density at radius 1 is 1.03 bits per heavy atom. The molecule has 0 aromatic carbocycles. The molecular formula is C25H49NO2Si. The fraction of sp³-hybridized carbons (Fsp3) is 1.00. The van der Waals surface area contributed by atoms with E-state index >= 15 is 0 Å². The van der Waals surface area contributed by atoms with E-state index in [9.17, 15) is 5.11 Å². The van der Waals surface area contributed by atoms with Gasteiger partial charge in [0.05, 0.1) is 6.10 Å². The predicted molar refractivity (Wildman–Crippen MR) is 126 cm³/mol. The first-order chi connectivity index (χ1) is 13.6. The van der Waals surface area contributed by atoms with Crippen molar-refractivity contribution in [1.82, 2.24) is 4.90 Å². The summed E-state index contributed by atoms with van der Waals surface area (Å²) in [5, 5.41) is 11.4. The van der Waals surface area contributed by atoms with Gasteiger partial charge in [-0.25, -0.2) is 0 Å². The number of rotatable bonds is 8. The van der Waals surface area contributed by atoms with Gasteiger partial charge in [0.1, 0.15) is 0 Å². The summed E-state index contributed by atoms with van der Waals surface area (Å²) < 4.78 is 6.76. The number of aliphatic hydroxyl groups is 1. The molecule has 0 amide bonds. The van der Waals surface area contributed by atoms with Crippen molar-refractivity contribution in [1.29, 1.82) is 0 Å². The molecule has 2 saturated heterocycles. The van der Waals surface area contributed by atoms with E-state index in [-0.39, 0.29) is 16.7 Å². The van der Waals surface area contributed by atoms with Gasteiger partial charge in [-0.15, -0.1) is 0 Å². The van der Waals surface area contributed by atoms with Crippen LogP contribution in [0.2, 0.25) is 18.1 Å². The third-order valence-electron chi connectivity index (χ3n) is 9.09. The van der Waals surface area contributed by atoms with Crippen LogP contribution in [0.5, 0.6) is 0 Å². The molecule has 3 nitrogen and oxygen atoms in total. The lowest BCUT2D eigenvalue weighted by atomic mass is 9.64. The summed E-state index contributed by atoms with van der Waals surface area (Å²) in [6.07, 6.45) is 15.2. The molecule has 1 spiro atoms. The Morgan fingerprint density at radius 3 is 2.48 bits per heavy atom. The second kappa shape index (κ2) is 9.30. The number of piperidine rings is 1. The lowest BCUT2D eigenvalue weighted by Crippen LogP contribution is -2.65.